The zero-order valence-corrected chi connectivity index (χ0v) is 10.9. The summed E-state index contributed by atoms with van der Waals surface area (Å²) in [5.74, 6) is 0.677. The van der Waals surface area contributed by atoms with Crippen LogP contribution in [0.5, 0.6) is 0 Å². The highest BCUT2D eigenvalue weighted by atomic mass is 16.2. The maximum atomic E-state index is 11.6. The van der Waals surface area contributed by atoms with Crippen LogP contribution in [0, 0.1) is 0 Å². The molecule has 0 bridgehead atoms. The minimum atomic E-state index is 0.148. The van der Waals surface area contributed by atoms with Gasteiger partial charge in [-0.15, -0.1) is 0 Å². The fraction of sp³-hybridized carbons (Fsp3) is 0.500. The predicted molar refractivity (Wildman–Crippen MR) is 67.7 cm³/mol. The van der Waals surface area contributed by atoms with Gasteiger partial charge >= 0.3 is 0 Å². The van der Waals surface area contributed by atoms with Gasteiger partial charge in [0, 0.05) is 19.2 Å². The summed E-state index contributed by atoms with van der Waals surface area (Å²) in [5, 5.41) is 0. The lowest BCUT2D eigenvalue weighted by atomic mass is 9.98. The maximum absolute atomic E-state index is 11.6. The van der Waals surface area contributed by atoms with E-state index in [4.69, 9.17) is 0 Å². The highest BCUT2D eigenvalue weighted by molar-refractivity contribution is 5.98. The van der Waals surface area contributed by atoms with Crippen LogP contribution in [-0.4, -0.2) is 17.9 Å². The molecule has 1 aromatic carbocycles. The fourth-order valence-corrected chi connectivity index (χ4v) is 1.85. The number of hydrogen-bond donors (Lipinski definition) is 0. The van der Waals surface area contributed by atoms with Gasteiger partial charge in [0.1, 0.15) is 0 Å². The molecule has 0 saturated heterocycles. The lowest BCUT2D eigenvalue weighted by molar-refractivity contribution is 0.0816. The molecule has 2 nitrogen and oxygen atoms in total. The Balaban J connectivity index is 0.000000606. The van der Waals surface area contributed by atoms with Crippen molar-refractivity contribution in [2.24, 2.45) is 0 Å². The van der Waals surface area contributed by atoms with E-state index in [-0.39, 0.29) is 5.91 Å². The maximum Gasteiger partial charge on any atom is 0.254 e. The summed E-state index contributed by atoms with van der Waals surface area (Å²) in [6.45, 7) is 9.10. The van der Waals surface area contributed by atoms with Gasteiger partial charge in [0.2, 0.25) is 0 Å². The fourth-order valence-electron chi connectivity index (χ4n) is 1.85. The van der Waals surface area contributed by atoms with Crippen LogP contribution in [0.2, 0.25) is 0 Å². The van der Waals surface area contributed by atoms with Crippen LogP contribution < -0.4 is 0 Å². The Morgan fingerprint density at radius 1 is 1.25 bits per heavy atom. The molecule has 0 aromatic heterocycles. The van der Waals surface area contributed by atoms with Gasteiger partial charge in [-0.3, -0.25) is 4.79 Å². The molecule has 0 saturated carbocycles. The van der Waals surface area contributed by atoms with Gasteiger partial charge in [-0.05, 0) is 23.1 Å². The average Bonchev–Trinajstić information content (AvgIpc) is 2.57. The summed E-state index contributed by atoms with van der Waals surface area (Å²) in [7, 11) is 1.84. The van der Waals surface area contributed by atoms with Crippen LogP contribution in [0.3, 0.4) is 0 Å². The zero-order chi connectivity index (χ0) is 12.3. The smallest absolute Gasteiger partial charge is 0.254 e. The van der Waals surface area contributed by atoms with Crippen molar-refractivity contribution in [2.45, 2.75) is 40.2 Å². The lowest BCUT2D eigenvalue weighted by Crippen LogP contribution is -2.17. The Bertz CT molecular complexity index is 382. The van der Waals surface area contributed by atoms with Crippen molar-refractivity contribution < 1.29 is 4.79 Å². The van der Waals surface area contributed by atoms with Gasteiger partial charge < -0.3 is 4.90 Å². The molecule has 88 valence electrons. The van der Waals surface area contributed by atoms with Crippen LogP contribution in [0.4, 0.5) is 0 Å². The number of benzene rings is 1. The minimum absolute atomic E-state index is 0.148. The molecule has 0 fully saturated rings. The summed E-state index contributed by atoms with van der Waals surface area (Å²) >= 11 is 0. The van der Waals surface area contributed by atoms with E-state index in [2.05, 4.69) is 26.0 Å². The molecular weight excluding hydrogens is 198 g/mol. The number of nitrogens with zero attached hydrogens (tertiary/aromatic N) is 1. The first-order valence-electron chi connectivity index (χ1n) is 5.98. The number of rotatable bonds is 1. The molecule has 2 heteroatoms. The molecular formula is C14H21NO. The van der Waals surface area contributed by atoms with E-state index in [1.54, 1.807) is 4.90 Å². The normalized spacial score (nSPS) is 13.6. The highest BCUT2D eigenvalue weighted by Crippen LogP contribution is 2.25. The van der Waals surface area contributed by atoms with Crippen LogP contribution in [0.25, 0.3) is 0 Å². The third kappa shape index (κ3) is 2.26. The Kier molecular flexibility index (Phi) is 4.11. The molecule has 1 heterocycles. The van der Waals surface area contributed by atoms with E-state index in [0.717, 1.165) is 12.1 Å². The SMILES string of the molecule is CC.CC(C)c1ccc2c(c1)CN(C)C2=O. The Hall–Kier alpha value is -1.31. The summed E-state index contributed by atoms with van der Waals surface area (Å²) in [6.07, 6.45) is 0. The number of hydrogen-bond acceptors (Lipinski definition) is 1. The Morgan fingerprint density at radius 2 is 1.88 bits per heavy atom. The highest BCUT2D eigenvalue weighted by Gasteiger charge is 2.24. The molecule has 0 spiro atoms. The van der Waals surface area contributed by atoms with E-state index in [1.165, 1.54) is 11.1 Å². The number of fused-ring (bicyclic) bond motifs is 1. The van der Waals surface area contributed by atoms with Gasteiger partial charge in [-0.25, -0.2) is 0 Å². The first-order chi connectivity index (χ1) is 7.59. The van der Waals surface area contributed by atoms with Gasteiger partial charge in [-0.1, -0.05) is 39.8 Å². The van der Waals surface area contributed by atoms with Crippen molar-refractivity contribution in [1.82, 2.24) is 4.90 Å². The van der Waals surface area contributed by atoms with Crippen LogP contribution >= 0.6 is 0 Å². The third-order valence-electron chi connectivity index (χ3n) is 2.78. The molecule has 2 rings (SSSR count). The molecule has 0 N–H and O–H groups in total. The second-order valence-corrected chi connectivity index (χ2v) is 4.23. The number of carbonyl (C=O) groups is 1. The van der Waals surface area contributed by atoms with Crippen molar-refractivity contribution >= 4 is 5.91 Å². The number of carbonyl (C=O) groups excluding carboxylic acids is 1. The molecule has 1 aliphatic rings. The van der Waals surface area contributed by atoms with E-state index < -0.39 is 0 Å². The van der Waals surface area contributed by atoms with E-state index in [1.807, 2.05) is 27.0 Å². The standard InChI is InChI=1S/C12H15NO.C2H6/c1-8(2)9-4-5-11-10(6-9)7-13(3)12(11)14;1-2/h4-6,8H,7H2,1-3H3;1-2H3. The quantitative estimate of drug-likeness (QED) is 0.708. The lowest BCUT2D eigenvalue weighted by Gasteiger charge is -2.06. The Labute approximate surface area is 98.3 Å². The van der Waals surface area contributed by atoms with E-state index in [0.29, 0.717) is 5.92 Å². The summed E-state index contributed by atoms with van der Waals surface area (Å²) < 4.78 is 0. The average molecular weight is 219 g/mol. The second kappa shape index (κ2) is 5.15. The van der Waals surface area contributed by atoms with Gasteiger partial charge in [0.05, 0.1) is 0 Å². The molecule has 0 unspecified atom stereocenters. The molecule has 0 aliphatic carbocycles. The zero-order valence-electron chi connectivity index (χ0n) is 10.9. The Morgan fingerprint density at radius 3 is 2.44 bits per heavy atom. The summed E-state index contributed by atoms with van der Waals surface area (Å²) in [4.78, 5) is 13.4. The van der Waals surface area contributed by atoms with Gasteiger partial charge in [-0.2, -0.15) is 0 Å². The topological polar surface area (TPSA) is 20.3 Å². The molecule has 1 aromatic rings. The molecule has 0 atom stereocenters. The number of amides is 1. The van der Waals surface area contributed by atoms with E-state index in [9.17, 15) is 4.79 Å². The van der Waals surface area contributed by atoms with Gasteiger partial charge in [0.15, 0.2) is 0 Å². The van der Waals surface area contributed by atoms with Crippen molar-refractivity contribution in [2.75, 3.05) is 7.05 Å². The van der Waals surface area contributed by atoms with Crippen molar-refractivity contribution in [1.29, 1.82) is 0 Å². The van der Waals surface area contributed by atoms with Crippen molar-refractivity contribution in [3.63, 3.8) is 0 Å². The summed E-state index contributed by atoms with van der Waals surface area (Å²) in [5.41, 5.74) is 3.35. The van der Waals surface area contributed by atoms with Crippen LogP contribution in [0.15, 0.2) is 18.2 Å². The second-order valence-electron chi connectivity index (χ2n) is 4.23. The van der Waals surface area contributed by atoms with Gasteiger partial charge in [0.25, 0.3) is 5.91 Å². The minimum Gasteiger partial charge on any atom is -0.337 e. The molecule has 1 amide bonds. The van der Waals surface area contributed by atoms with Crippen molar-refractivity contribution in [3.05, 3.63) is 34.9 Å². The monoisotopic (exact) mass is 219 g/mol. The third-order valence-corrected chi connectivity index (χ3v) is 2.78. The van der Waals surface area contributed by atoms with Crippen LogP contribution in [0.1, 0.15) is 55.1 Å². The first kappa shape index (κ1) is 12.8. The molecule has 16 heavy (non-hydrogen) atoms. The van der Waals surface area contributed by atoms with Crippen LogP contribution in [-0.2, 0) is 6.54 Å². The predicted octanol–water partition coefficient (Wildman–Crippen LogP) is 3.42. The largest absolute Gasteiger partial charge is 0.337 e. The first-order valence-corrected chi connectivity index (χ1v) is 5.98. The van der Waals surface area contributed by atoms with Crippen molar-refractivity contribution in [3.8, 4) is 0 Å². The molecule has 0 radical (unpaired) electrons. The van der Waals surface area contributed by atoms with E-state index >= 15 is 0 Å². The summed E-state index contributed by atoms with van der Waals surface area (Å²) in [6, 6.07) is 6.17. The molecule has 1 aliphatic heterocycles.